The molecular formula is C67H101N21O21S2. The Balaban J connectivity index is 0.992. The average molecular weight is 1600 g/mol. The molecule has 29 N–H and O–H groups in total. The number of carbonyl (C=O) groups is 8. The van der Waals surface area contributed by atoms with Crippen LogP contribution < -0.4 is 76.9 Å². The van der Waals surface area contributed by atoms with Gasteiger partial charge in [-0.15, -0.1) is 22.7 Å². The molecule has 0 saturated carbocycles. The Morgan fingerprint density at radius 3 is 2.08 bits per heavy atom. The largest absolute Gasteiger partial charge is 0.441 e. The van der Waals surface area contributed by atoms with Crippen molar-refractivity contribution in [2.75, 3.05) is 64.8 Å². The van der Waals surface area contributed by atoms with Crippen LogP contribution in [-0.4, -0.2) is 281 Å². The predicted octanol–water partition coefficient (Wildman–Crippen LogP) is -6.67. The summed E-state index contributed by atoms with van der Waals surface area (Å²) in [4.78, 5) is 136. The summed E-state index contributed by atoms with van der Waals surface area (Å²) in [6, 6.07) is 2.23. The number of H-pyrrole nitrogens is 1. The van der Waals surface area contributed by atoms with Crippen molar-refractivity contribution < 1.29 is 103 Å². The molecule has 2 fully saturated rings. The molecule has 2 aliphatic heterocycles. The molecular weight excluding hydrogens is 1500 g/mol. The molecule has 0 unspecified atom stereocenters. The normalized spacial score (nSPS) is 22.4. The smallest absolute Gasteiger partial charge is 0.404 e. The first-order valence-electron chi connectivity index (χ1n) is 35.6. The molecule has 4 aromatic heterocycles. The molecule has 8 amide bonds. The average Bonchev–Trinajstić information content (AvgIpc) is 1.11. The molecule has 7 rings (SSSR count). The van der Waals surface area contributed by atoms with Gasteiger partial charge in [-0.2, -0.15) is 0 Å². The predicted molar refractivity (Wildman–Crippen MR) is 396 cm³/mol. The van der Waals surface area contributed by atoms with Gasteiger partial charge in [0.2, 0.25) is 29.5 Å². The molecule has 0 spiro atoms. The summed E-state index contributed by atoms with van der Waals surface area (Å²) in [6.45, 7) is 6.03. The Hall–Kier alpha value is -9.20. The molecule has 2 saturated heterocycles. The zero-order chi connectivity index (χ0) is 81.2. The maximum Gasteiger partial charge on any atom is 0.404 e. The van der Waals surface area contributed by atoms with Crippen LogP contribution in [0.1, 0.15) is 114 Å². The lowest BCUT2D eigenvalue weighted by Crippen LogP contribution is -2.65. The van der Waals surface area contributed by atoms with Gasteiger partial charge < -0.3 is 146 Å². The van der Waals surface area contributed by atoms with Crippen LogP contribution in [-0.2, 0) is 60.5 Å². The number of benzene rings is 1. The first-order chi connectivity index (χ1) is 52.9. The fourth-order valence-electron chi connectivity index (χ4n) is 11.6. The number of aliphatic imine (C=N–C) groups is 1. The van der Waals surface area contributed by atoms with E-state index in [0.717, 1.165) is 57.7 Å². The van der Waals surface area contributed by atoms with E-state index in [-0.39, 0.29) is 54.0 Å². The number of thiazole rings is 2. The monoisotopic (exact) mass is 1600 g/mol. The molecule has 612 valence electrons. The lowest BCUT2D eigenvalue weighted by Gasteiger charge is -2.47. The van der Waals surface area contributed by atoms with Crippen molar-refractivity contribution in [1.82, 2.24) is 72.4 Å². The van der Waals surface area contributed by atoms with Crippen molar-refractivity contribution >= 4 is 81.9 Å². The number of amides is 8. The minimum Gasteiger partial charge on any atom is -0.441 e. The second-order valence-electron chi connectivity index (χ2n) is 26.4. The molecule has 19 atom stereocenters. The maximum absolute atomic E-state index is 15.3. The number of aliphatic hydroxyl groups excluding tert-OH is 8. The molecule has 5 aromatic rings. The van der Waals surface area contributed by atoms with E-state index in [2.05, 4.69) is 89.6 Å². The number of rotatable bonds is 44. The SMILES string of the molecule is Cc1c(N)nc([C@H](CC(N)=O)NC[C@H](N)C(N)=O)nc1C(=O)N[C@H](C(=O)N[C@H](C)[C@@H](O)[C@H](C)C(=O)N[C@H](C(=O)NCCc1nc(-c2nc(C(=O)NCCCCCNCCCN=C(N)NCCc3ccccc3)cs2)cs1)[C@@H](C)O)[C@@H](O[C@@H]1O[C@@H](CO)[C@@H](O)[C@H](O)[C@@H]1O[C@H]1O[C@H](CO)[C@@H](O)[C@H](OC(N)=O)[C@@H]1O)c1cnc[nH]1. The standard InChI is InChI=1S/C67H101N21O21S2/c1-30-44(85-57(88-55(30)70)36(22-42(69)92)80-23-35(68)56(71)98)61(102)87-46(52(37-24-75-29-81-37)107-65-54(50(96)48(94)40(25-89)106-65)108-64-51(97)53(109-67(73)104)49(95)41(26-90)105-64)62(103)82-32(3)47(93)31(2)58(99)86-45(33(4)91)60(101)77-21-15-43-83-39(28-110-43)63-84-38(27-111-63)59(100)76-18-10-6-9-16-74-17-11-19-78-66(72)79-20-14-34-12-7-5-8-13-34/h5,7-8,12-13,24,27-29,31-33,35-36,40-41,45-54,64-65,74,80,89-91,93-97H,6,9-11,14-23,25-26,68H2,1-4H3,(H2,69,92)(H2,71,98)(H2,73,104)(H,75,81)(H,76,100)(H,77,101)(H,82,103)(H,86,99)(H,87,102)(H2,70,85,88)(H3,72,78,79)/t31-,32+,33+,35-,36-,40-,41+,45-,46-,47-,48+,49+,50-,51-,52-,53-,54-,64+,65-/m0/s1. The molecule has 44 heteroatoms. The number of aliphatic hydroxyl groups is 8. The lowest BCUT2D eigenvalue weighted by atomic mass is 9.96. The van der Waals surface area contributed by atoms with E-state index in [9.17, 15) is 74.4 Å². The number of nitrogens with zero attached hydrogens (tertiary/aromatic N) is 6. The number of ether oxygens (including phenoxy) is 5. The minimum absolute atomic E-state index is 0.0210. The van der Waals surface area contributed by atoms with Gasteiger partial charge in [-0.3, -0.25) is 38.6 Å². The molecule has 2 aliphatic rings. The van der Waals surface area contributed by atoms with Crippen LogP contribution in [0.2, 0.25) is 0 Å². The summed E-state index contributed by atoms with van der Waals surface area (Å²) in [6.07, 6.45) is -20.9. The van der Waals surface area contributed by atoms with Gasteiger partial charge in [-0.05, 0) is 65.1 Å². The van der Waals surface area contributed by atoms with Gasteiger partial charge in [-0.1, -0.05) is 43.7 Å². The van der Waals surface area contributed by atoms with Crippen LogP contribution in [0.25, 0.3) is 10.7 Å². The second-order valence-corrected chi connectivity index (χ2v) is 28.2. The first-order valence-corrected chi connectivity index (χ1v) is 37.4. The minimum atomic E-state index is -2.20. The van der Waals surface area contributed by atoms with Crippen LogP contribution in [0.15, 0.2) is 58.6 Å². The Kier molecular flexibility index (Phi) is 34.9. The van der Waals surface area contributed by atoms with Crippen molar-refractivity contribution in [3.63, 3.8) is 0 Å². The molecule has 42 nitrogen and oxygen atoms in total. The number of hydrogen-bond acceptors (Lipinski definition) is 33. The van der Waals surface area contributed by atoms with Gasteiger partial charge in [0, 0.05) is 61.9 Å². The second kappa shape index (κ2) is 43.6. The highest BCUT2D eigenvalue weighted by molar-refractivity contribution is 7.14. The summed E-state index contributed by atoms with van der Waals surface area (Å²) in [5, 5.41) is 115. The van der Waals surface area contributed by atoms with Crippen LogP contribution in [0, 0.1) is 12.8 Å². The third kappa shape index (κ3) is 25.9. The zero-order valence-electron chi connectivity index (χ0n) is 61.3. The summed E-state index contributed by atoms with van der Waals surface area (Å²) in [5.41, 5.74) is 35.3. The highest BCUT2D eigenvalue weighted by atomic mass is 32.1. The van der Waals surface area contributed by atoms with Gasteiger partial charge >= 0.3 is 6.09 Å². The molecule has 111 heavy (non-hydrogen) atoms. The van der Waals surface area contributed by atoms with E-state index in [4.69, 9.17) is 58.1 Å². The number of primary amides is 3. The van der Waals surface area contributed by atoms with Crippen molar-refractivity contribution in [3.05, 3.63) is 92.7 Å². The number of carbonyl (C=O) groups excluding carboxylic acids is 8. The number of nitrogens with one attached hydrogen (secondary N) is 9. The third-order valence-electron chi connectivity index (χ3n) is 17.9. The molecule has 0 aliphatic carbocycles. The van der Waals surface area contributed by atoms with Gasteiger partial charge in [0.25, 0.3) is 11.8 Å². The number of nitrogen functional groups attached to an aromatic ring is 1. The zero-order valence-corrected chi connectivity index (χ0v) is 63.0. The lowest BCUT2D eigenvalue weighted by molar-refractivity contribution is -0.372. The van der Waals surface area contributed by atoms with Crippen LogP contribution >= 0.6 is 22.7 Å². The first kappa shape index (κ1) is 89.0. The number of aromatic nitrogens is 6. The van der Waals surface area contributed by atoms with Crippen LogP contribution in [0.4, 0.5) is 10.6 Å². The Labute approximate surface area is 644 Å². The van der Waals surface area contributed by atoms with E-state index >= 15 is 4.79 Å². The van der Waals surface area contributed by atoms with Crippen molar-refractivity contribution in [2.24, 2.45) is 39.6 Å². The highest BCUT2D eigenvalue weighted by Crippen LogP contribution is 2.35. The van der Waals surface area contributed by atoms with Gasteiger partial charge in [0.15, 0.2) is 24.6 Å². The summed E-state index contributed by atoms with van der Waals surface area (Å²) >= 11 is 2.51. The molecule has 0 bridgehead atoms. The summed E-state index contributed by atoms with van der Waals surface area (Å²) in [5.74, 6) is -8.33. The topological polar surface area (TPSA) is 690 Å². The van der Waals surface area contributed by atoms with Gasteiger partial charge in [-0.25, -0.2) is 29.7 Å². The number of hydrogen-bond donors (Lipinski definition) is 23. The van der Waals surface area contributed by atoms with Crippen molar-refractivity contribution in [3.8, 4) is 10.7 Å². The molecule has 1 aromatic carbocycles. The number of unbranched alkanes of at least 4 members (excludes halogenated alkanes) is 2. The van der Waals surface area contributed by atoms with E-state index in [1.165, 1.54) is 55.9 Å². The van der Waals surface area contributed by atoms with Gasteiger partial charge in [0.05, 0.1) is 72.7 Å². The number of anilines is 1. The number of imidazole rings is 1. The quantitative estimate of drug-likeness (QED) is 0.00979. The van der Waals surface area contributed by atoms with Crippen LogP contribution in [0.3, 0.4) is 0 Å². The number of aromatic amines is 1. The fraction of sp³-hybridized carbons (Fsp3) is 0.582. The van der Waals surface area contributed by atoms with E-state index in [1.54, 1.807) is 10.8 Å². The fourth-order valence-corrected chi connectivity index (χ4v) is 13.2. The van der Waals surface area contributed by atoms with E-state index < -0.39 is 183 Å². The van der Waals surface area contributed by atoms with Crippen LogP contribution in [0.5, 0.6) is 0 Å². The Morgan fingerprint density at radius 1 is 0.712 bits per heavy atom. The third-order valence-corrected chi connectivity index (χ3v) is 19.7. The molecule has 6 heterocycles. The van der Waals surface area contributed by atoms with E-state index in [1.807, 2.05) is 18.2 Å². The van der Waals surface area contributed by atoms with Crippen molar-refractivity contribution in [2.45, 2.75) is 183 Å². The van der Waals surface area contributed by atoms with Gasteiger partial charge in [0.1, 0.15) is 94.6 Å². The number of nitrogens with two attached hydrogens (primary N) is 6. The Morgan fingerprint density at radius 2 is 1.41 bits per heavy atom. The highest BCUT2D eigenvalue weighted by Gasteiger charge is 2.54. The molecule has 0 radical (unpaired) electrons. The Bertz CT molecular complexity index is 3870. The summed E-state index contributed by atoms with van der Waals surface area (Å²) < 4.78 is 28.8. The number of guanidine groups is 1. The summed E-state index contributed by atoms with van der Waals surface area (Å²) in [7, 11) is 0. The van der Waals surface area contributed by atoms with Crippen molar-refractivity contribution in [1.29, 1.82) is 0 Å². The van der Waals surface area contributed by atoms with E-state index in [0.29, 0.717) is 41.3 Å². The maximum atomic E-state index is 15.3.